The minimum atomic E-state index is -3.36. The minimum absolute atomic E-state index is 0.0770. The maximum atomic E-state index is 12.0. The molecule has 0 aromatic rings. The number of ether oxygens (including phenoxy) is 1. The third-order valence-electron chi connectivity index (χ3n) is 4.04. The second kappa shape index (κ2) is 11.4. The molecule has 0 spiro atoms. The predicted octanol–water partition coefficient (Wildman–Crippen LogP) is 3.39. The molecule has 0 unspecified atom stereocenters. The van der Waals surface area contributed by atoms with Gasteiger partial charge in [-0.1, -0.05) is 0 Å². The van der Waals surface area contributed by atoms with Crippen molar-refractivity contribution >= 4 is 66.8 Å². The fraction of sp³-hybridized carbons (Fsp3) is 1.00. The van der Waals surface area contributed by atoms with Crippen LogP contribution >= 0.6 is 47.1 Å². The summed E-state index contributed by atoms with van der Waals surface area (Å²) in [5.74, 6) is -0.595. The molecule has 13 heteroatoms. The summed E-state index contributed by atoms with van der Waals surface area (Å²) < 4.78 is 55.1. The highest BCUT2D eigenvalue weighted by atomic mass is 35.5. The van der Waals surface area contributed by atoms with Gasteiger partial charge in [-0.25, -0.2) is 16.8 Å². The number of nitrogens with zero attached hydrogens (tertiary/aromatic N) is 2. The molecule has 7 nitrogen and oxygen atoms in total. The summed E-state index contributed by atoms with van der Waals surface area (Å²) in [4.78, 5) is 0. The van der Waals surface area contributed by atoms with Crippen molar-refractivity contribution < 1.29 is 21.6 Å². The summed E-state index contributed by atoms with van der Waals surface area (Å²) in [5, 5.41) is 0. The van der Waals surface area contributed by atoms with Crippen molar-refractivity contribution in [3.05, 3.63) is 0 Å². The zero-order valence-electron chi connectivity index (χ0n) is 15.9. The Balaban J connectivity index is 4.20. The van der Waals surface area contributed by atoms with Crippen molar-refractivity contribution in [2.24, 2.45) is 0 Å². The standard InChI is InChI=1S/C14H28Cl4N2O5S2/c1-13(2,19(15)16)5-9-26(21,22)11-7-25-8-12-27(23,24)10-6-14(3,4)20(17)18/h5-12H2,1-4H3. The Morgan fingerprint density at radius 3 is 1.22 bits per heavy atom. The van der Waals surface area contributed by atoms with E-state index in [9.17, 15) is 16.8 Å². The van der Waals surface area contributed by atoms with Crippen molar-refractivity contribution in [2.75, 3.05) is 36.2 Å². The summed E-state index contributed by atoms with van der Waals surface area (Å²) >= 11 is 22.7. The van der Waals surface area contributed by atoms with Crippen LogP contribution in [0.5, 0.6) is 0 Å². The number of hydrogen-bond acceptors (Lipinski definition) is 7. The van der Waals surface area contributed by atoms with Crippen LogP contribution < -0.4 is 0 Å². The van der Waals surface area contributed by atoms with E-state index in [1.807, 2.05) is 0 Å². The average molecular weight is 510 g/mol. The van der Waals surface area contributed by atoms with Crippen molar-refractivity contribution in [3.63, 3.8) is 0 Å². The molecular formula is C14H28Cl4N2O5S2. The van der Waals surface area contributed by atoms with E-state index in [1.165, 1.54) is 0 Å². The molecule has 0 N–H and O–H groups in total. The second-order valence-electron chi connectivity index (χ2n) is 7.51. The highest BCUT2D eigenvalue weighted by molar-refractivity contribution is 7.91. The van der Waals surface area contributed by atoms with E-state index in [-0.39, 0.29) is 49.1 Å². The second-order valence-corrected chi connectivity index (χ2v) is 13.8. The van der Waals surface area contributed by atoms with Crippen molar-refractivity contribution in [1.29, 1.82) is 0 Å². The molecular weight excluding hydrogens is 482 g/mol. The van der Waals surface area contributed by atoms with Crippen molar-refractivity contribution in [1.82, 2.24) is 7.88 Å². The minimum Gasteiger partial charge on any atom is -0.379 e. The molecule has 0 aliphatic rings. The van der Waals surface area contributed by atoms with E-state index in [4.69, 9.17) is 51.8 Å². The highest BCUT2D eigenvalue weighted by Crippen LogP contribution is 2.25. The molecule has 0 aliphatic carbocycles. The van der Waals surface area contributed by atoms with E-state index in [0.29, 0.717) is 0 Å². The highest BCUT2D eigenvalue weighted by Gasteiger charge is 2.28. The summed E-state index contributed by atoms with van der Waals surface area (Å²) in [6.07, 6.45) is 0.509. The van der Waals surface area contributed by atoms with Gasteiger partial charge in [0.15, 0.2) is 19.7 Å². The lowest BCUT2D eigenvalue weighted by atomic mass is 10.0. The lowest BCUT2D eigenvalue weighted by Crippen LogP contribution is -2.34. The van der Waals surface area contributed by atoms with E-state index < -0.39 is 30.8 Å². The van der Waals surface area contributed by atoms with Crippen LogP contribution in [0, 0.1) is 0 Å². The number of sulfone groups is 2. The molecule has 0 heterocycles. The Labute approximate surface area is 183 Å². The molecule has 27 heavy (non-hydrogen) atoms. The topological polar surface area (TPSA) is 84.0 Å². The van der Waals surface area contributed by atoms with E-state index >= 15 is 0 Å². The number of hydrogen-bond donors (Lipinski definition) is 0. The van der Waals surface area contributed by atoms with Crippen LogP contribution in [0.3, 0.4) is 0 Å². The van der Waals surface area contributed by atoms with Gasteiger partial charge in [-0.3, -0.25) is 0 Å². The van der Waals surface area contributed by atoms with Crippen LogP contribution in [0.15, 0.2) is 0 Å². The molecule has 0 bridgehead atoms. The summed E-state index contributed by atoms with van der Waals surface area (Å²) in [5.41, 5.74) is -1.36. The molecule has 0 aliphatic heterocycles. The lowest BCUT2D eigenvalue weighted by Gasteiger charge is -2.27. The zero-order chi connectivity index (χ0) is 21.5. The maximum absolute atomic E-state index is 12.0. The number of rotatable bonds is 14. The predicted molar refractivity (Wildman–Crippen MR) is 113 cm³/mol. The fourth-order valence-corrected chi connectivity index (χ4v) is 4.77. The van der Waals surface area contributed by atoms with E-state index in [0.717, 1.165) is 7.88 Å². The van der Waals surface area contributed by atoms with Gasteiger partial charge in [-0.15, -0.1) is 7.88 Å². The van der Waals surface area contributed by atoms with Gasteiger partial charge in [0, 0.05) is 11.1 Å². The molecule has 0 rings (SSSR count). The Kier molecular flexibility index (Phi) is 11.8. The van der Waals surface area contributed by atoms with Gasteiger partial charge in [0.25, 0.3) is 0 Å². The molecule has 0 saturated heterocycles. The largest absolute Gasteiger partial charge is 0.379 e. The van der Waals surface area contributed by atoms with Crippen molar-refractivity contribution in [3.8, 4) is 0 Å². The first-order chi connectivity index (χ1) is 12.0. The fourth-order valence-electron chi connectivity index (χ4n) is 1.66. The normalized spacial score (nSPS) is 14.3. The van der Waals surface area contributed by atoms with Crippen LogP contribution in [0.25, 0.3) is 0 Å². The Bertz CT molecular complexity index is 596. The first-order valence-electron chi connectivity index (χ1n) is 8.23. The molecule has 0 radical (unpaired) electrons. The molecule has 0 atom stereocenters. The van der Waals surface area contributed by atoms with Gasteiger partial charge in [-0.05, 0) is 87.6 Å². The van der Waals surface area contributed by atoms with Crippen LogP contribution in [0.4, 0.5) is 0 Å². The molecule has 0 aromatic carbocycles. The SMILES string of the molecule is CC(C)(CCS(=O)(=O)CCOCCS(=O)(=O)CCC(C)(C)N(Cl)Cl)N(Cl)Cl. The molecule has 164 valence electrons. The van der Waals surface area contributed by atoms with Crippen LogP contribution in [-0.4, -0.2) is 72.0 Å². The van der Waals surface area contributed by atoms with Gasteiger partial charge in [-0.2, -0.15) is 0 Å². The smallest absolute Gasteiger partial charge is 0.152 e. The Morgan fingerprint density at radius 1 is 0.667 bits per heavy atom. The molecule has 0 amide bonds. The Hall–Kier alpha value is 0.940. The lowest BCUT2D eigenvalue weighted by molar-refractivity contribution is 0.164. The van der Waals surface area contributed by atoms with E-state index in [2.05, 4.69) is 0 Å². The third-order valence-corrected chi connectivity index (χ3v) is 9.10. The van der Waals surface area contributed by atoms with Gasteiger partial charge < -0.3 is 4.74 Å². The van der Waals surface area contributed by atoms with Crippen LogP contribution in [0.2, 0.25) is 0 Å². The molecule has 0 fully saturated rings. The summed E-state index contributed by atoms with van der Waals surface area (Å²) in [6.45, 7) is 6.73. The van der Waals surface area contributed by atoms with Crippen LogP contribution in [-0.2, 0) is 24.4 Å². The van der Waals surface area contributed by atoms with Gasteiger partial charge in [0.2, 0.25) is 0 Å². The first-order valence-corrected chi connectivity index (χ1v) is 13.2. The quantitative estimate of drug-likeness (QED) is 0.262. The molecule has 0 aromatic heterocycles. The Morgan fingerprint density at radius 2 is 0.963 bits per heavy atom. The van der Waals surface area contributed by atoms with Crippen molar-refractivity contribution in [2.45, 2.75) is 51.6 Å². The van der Waals surface area contributed by atoms with Crippen LogP contribution in [0.1, 0.15) is 40.5 Å². The monoisotopic (exact) mass is 508 g/mol. The summed E-state index contributed by atoms with van der Waals surface area (Å²) in [6, 6.07) is 0. The van der Waals surface area contributed by atoms with Gasteiger partial charge >= 0.3 is 0 Å². The maximum Gasteiger partial charge on any atom is 0.152 e. The summed E-state index contributed by atoms with van der Waals surface area (Å²) in [7, 11) is -6.71. The van der Waals surface area contributed by atoms with Gasteiger partial charge in [0.1, 0.15) is 0 Å². The molecule has 0 saturated carbocycles. The average Bonchev–Trinajstić information content (AvgIpc) is 2.51. The van der Waals surface area contributed by atoms with Gasteiger partial charge in [0.05, 0.1) is 36.2 Å². The zero-order valence-corrected chi connectivity index (χ0v) is 20.6. The first kappa shape index (κ1) is 27.9. The number of halogens is 4. The van der Waals surface area contributed by atoms with E-state index in [1.54, 1.807) is 27.7 Å². The third kappa shape index (κ3) is 12.3.